The molecule has 0 radical (unpaired) electrons. The molecule has 2 aromatic heterocycles. The van der Waals surface area contributed by atoms with E-state index in [0.29, 0.717) is 18.9 Å². The van der Waals surface area contributed by atoms with Gasteiger partial charge in [-0.1, -0.05) is 6.07 Å². The molecule has 2 rings (SSSR count). The lowest BCUT2D eigenvalue weighted by Crippen LogP contribution is -2.29. The first-order valence-electron chi connectivity index (χ1n) is 5.90. The number of aromatic amines is 1. The predicted molar refractivity (Wildman–Crippen MR) is 68.2 cm³/mol. The Morgan fingerprint density at radius 2 is 2.32 bits per heavy atom. The van der Waals surface area contributed by atoms with Gasteiger partial charge in [-0.3, -0.25) is 14.7 Å². The molecule has 0 aliphatic carbocycles. The predicted octanol–water partition coefficient (Wildman–Crippen LogP) is 0.0151. The number of rotatable bonds is 5. The second-order valence-corrected chi connectivity index (χ2v) is 4.16. The molecule has 0 saturated heterocycles. The molecule has 100 valence electrons. The molecule has 0 aliphatic heterocycles. The number of nitrogens with zero attached hydrogens (tertiary/aromatic N) is 4. The Bertz CT molecular complexity index is 590. The molecular formula is C12H15N5O2. The fraction of sp³-hybridized carbons (Fsp3) is 0.333. The van der Waals surface area contributed by atoms with Crippen LogP contribution in [0.15, 0.2) is 35.5 Å². The van der Waals surface area contributed by atoms with Crippen LogP contribution in [0, 0.1) is 0 Å². The van der Waals surface area contributed by atoms with Crippen LogP contribution < -0.4 is 5.56 Å². The minimum Gasteiger partial charge on any atom is -0.338 e. The molecule has 0 aliphatic rings. The lowest BCUT2D eigenvalue weighted by atomic mass is 10.3. The lowest BCUT2D eigenvalue weighted by molar-refractivity contribution is -0.130. The Morgan fingerprint density at radius 1 is 1.47 bits per heavy atom. The summed E-state index contributed by atoms with van der Waals surface area (Å²) in [6.07, 6.45) is 3.35. The van der Waals surface area contributed by atoms with E-state index < -0.39 is 0 Å². The van der Waals surface area contributed by atoms with Gasteiger partial charge in [0, 0.05) is 32.3 Å². The number of carbonyl (C=O) groups excluding carboxylic acids is 1. The van der Waals surface area contributed by atoms with Crippen molar-refractivity contribution in [3.05, 3.63) is 46.9 Å². The van der Waals surface area contributed by atoms with Crippen molar-refractivity contribution >= 4 is 5.91 Å². The molecule has 2 heterocycles. The van der Waals surface area contributed by atoms with E-state index in [0.717, 1.165) is 0 Å². The maximum absolute atomic E-state index is 11.9. The summed E-state index contributed by atoms with van der Waals surface area (Å²) in [5, 5.41) is 6.42. The van der Waals surface area contributed by atoms with E-state index in [1.165, 1.54) is 17.0 Å². The number of aromatic nitrogens is 4. The van der Waals surface area contributed by atoms with E-state index in [1.807, 2.05) is 0 Å². The van der Waals surface area contributed by atoms with Crippen LogP contribution in [0.5, 0.6) is 0 Å². The smallest absolute Gasteiger partial charge is 0.250 e. The van der Waals surface area contributed by atoms with Gasteiger partial charge in [-0.25, -0.2) is 4.98 Å². The van der Waals surface area contributed by atoms with Gasteiger partial charge in [0.15, 0.2) is 0 Å². The van der Waals surface area contributed by atoms with Crippen molar-refractivity contribution in [2.45, 2.75) is 19.5 Å². The first-order chi connectivity index (χ1) is 9.16. The van der Waals surface area contributed by atoms with E-state index in [4.69, 9.17) is 0 Å². The quantitative estimate of drug-likeness (QED) is 0.822. The highest BCUT2D eigenvalue weighted by Crippen LogP contribution is 1.99. The molecule has 1 amide bonds. The van der Waals surface area contributed by atoms with Gasteiger partial charge >= 0.3 is 0 Å². The van der Waals surface area contributed by atoms with Crippen molar-refractivity contribution in [1.82, 2.24) is 24.6 Å². The summed E-state index contributed by atoms with van der Waals surface area (Å²) >= 11 is 0. The van der Waals surface area contributed by atoms with E-state index in [2.05, 4.69) is 15.2 Å². The number of carbonyl (C=O) groups is 1. The molecular weight excluding hydrogens is 246 g/mol. The molecule has 7 nitrogen and oxygen atoms in total. The summed E-state index contributed by atoms with van der Waals surface area (Å²) in [5.74, 6) is 0.583. The molecule has 0 unspecified atom stereocenters. The monoisotopic (exact) mass is 261 g/mol. The Hall–Kier alpha value is -2.44. The molecule has 19 heavy (non-hydrogen) atoms. The largest absolute Gasteiger partial charge is 0.338 e. The van der Waals surface area contributed by atoms with Crippen LogP contribution in [-0.2, 0) is 17.9 Å². The third-order valence-corrected chi connectivity index (χ3v) is 2.74. The van der Waals surface area contributed by atoms with Gasteiger partial charge in [-0.15, -0.1) is 0 Å². The van der Waals surface area contributed by atoms with Gasteiger partial charge in [-0.05, 0) is 6.07 Å². The van der Waals surface area contributed by atoms with Crippen LogP contribution in [0.1, 0.15) is 12.2 Å². The van der Waals surface area contributed by atoms with E-state index in [-0.39, 0.29) is 17.9 Å². The van der Waals surface area contributed by atoms with Crippen molar-refractivity contribution in [3.63, 3.8) is 0 Å². The normalized spacial score (nSPS) is 10.4. The zero-order chi connectivity index (χ0) is 13.7. The molecule has 0 saturated carbocycles. The van der Waals surface area contributed by atoms with Crippen molar-refractivity contribution in [1.29, 1.82) is 0 Å². The number of amides is 1. The summed E-state index contributed by atoms with van der Waals surface area (Å²) in [7, 11) is 1.69. The molecule has 7 heteroatoms. The molecule has 0 atom stereocenters. The van der Waals surface area contributed by atoms with Gasteiger partial charge in [0.1, 0.15) is 12.2 Å². The van der Waals surface area contributed by atoms with Crippen LogP contribution in [-0.4, -0.2) is 37.6 Å². The minimum atomic E-state index is -0.104. The molecule has 0 fully saturated rings. The standard InChI is InChI=1S/C12H15N5O2/c1-16(8-10-13-9-14-15-10)11(18)5-7-17-6-3-2-4-12(17)19/h2-4,6,9H,5,7-8H2,1H3,(H,13,14,15). The maximum Gasteiger partial charge on any atom is 0.250 e. The third kappa shape index (κ3) is 3.51. The summed E-state index contributed by atoms with van der Waals surface area (Å²) in [6, 6.07) is 4.92. The number of hydrogen-bond donors (Lipinski definition) is 1. The highest BCUT2D eigenvalue weighted by atomic mass is 16.2. The van der Waals surface area contributed by atoms with E-state index in [1.54, 1.807) is 30.3 Å². The Labute approximate surface area is 109 Å². The summed E-state index contributed by atoms with van der Waals surface area (Å²) < 4.78 is 1.51. The fourth-order valence-electron chi connectivity index (χ4n) is 1.67. The van der Waals surface area contributed by atoms with Crippen LogP contribution in [0.2, 0.25) is 0 Å². The van der Waals surface area contributed by atoms with Crippen molar-refractivity contribution < 1.29 is 4.79 Å². The van der Waals surface area contributed by atoms with Crippen molar-refractivity contribution in [3.8, 4) is 0 Å². The van der Waals surface area contributed by atoms with Crippen LogP contribution in [0.3, 0.4) is 0 Å². The van der Waals surface area contributed by atoms with Crippen molar-refractivity contribution in [2.24, 2.45) is 0 Å². The zero-order valence-corrected chi connectivity index (χ0v) is 10.6. The van der Waals surface area contributed by atoms with Gasteiger partial charge in [0.2, 0.25) is 5.91 Å². The first kappa shape index (κ1) is 13.0. The number of hydrogen-bond acceptors (Lipinski definition) is 4. The molecule has 0 spiro atoms. The van der Waals surface area contributed by atoms with Gasteiger partial charge in [-0.2, -0.15) is 5.10 Å². The first-order valence-corrected chi connectivity index (χ1v) is 5.90. The van der Waals surface area contributed by atoms with Crippen LogP contribution in [0.25, 0.3) is 0 Å². The van der Waals surface area contributed by atoms with E-state index in [9.17, 15) is 9.59 Å². The minimum absolute atomic E-state index is 0.0489. The second-order valence-electron chi connectivity index (χ2n) is 4.16. The number of H-pyrrole nitrogens is 1. The molecule has 2 aromatic rings. The number of aryl methyl sites for hydroxylation is 1. The Morgan fingerprint density at radius 3 is 3.00 bits per heavy atom. The topological polar surface area (TPSA) is 83.9 Å². The molecule has 0 bridgehead atoms. The highest BCUT2D eigenvalue weighted by molar-refractivity contribution is 5.75. The maximum atomic E-state index is 11.9. The average Bonchev–Trinajstić information content (AvgIpc) is 2.90. The van der Waals surface area contributed by atoms with Crippen LogP contribution >= 0.6 is 0 Å². The van der Waals surface area contributed by atoms with Crippen molar-refractivity contribution in [2.75, 3.05) is 7.05 Å². The highest BCUT2D eigenvalue weighted by Gasteiger charge is 2.10. The van der Waals surface area contributed by atoms with Gasteiger partial charge < -0.3 is 9.47 Å². The SMILES string of the molecule is CN(Cc1ncn[nH]1)C(=O)CCn1ccccc1=O. The third-order valence-electron chi connectivity index (χ3n) is 2.74. The molecule has 1 N–H and O–H groups in total. The molecule has 0 aromatic carbocycles. The average molecular weight is 261 g/mol. The second kappa shape index (κ2) is 5.94. The van der Waals surface area contributed by atoms with E-state index >= 15 is 0 Å². The number of pyridine rings is 1. The lowest BCUT2D eigenvalue weighted by Gasteiger charge is -2.15. The number of nitrogens with one attached hydrogen (secondary N) is 1. The zero-order valence-electron chi connectivity index (χ0n) is 10.6. The van der Waals surface area contributed by atoms with Gasteiger partial charge in [0.05, 0.1) is 6.54 Å². The summed E-state index contributed by atoms with van der Waals surface area (Å²) in [4.78, 5) is 28.9. The van der Waals surface area contributed by atoms with Crippen LogP contribution in [0.4, 0.5) is 0 Å². The Kier molecular flexibility index (Phi) is 4.07. The summed E-state index contributed by atoms with van der Waals surface area (Å²) in [6.45, 7) is 0.752. The van der Waals surface area contributed by atoms with Gasteiger partial charge in [0.25, 0.3) is 5.56 Å². The fourth-order valence-corrected chi connectivity index (χ4v) is 1.67. The summed E-state index contributed by atoms with van der Waals surface area (Å²) in [5.41, 5.74) is -0.104. The Balaban J connectivity index is 1.87.